The average molecular weight is 336 g/mol. The average Bonchev–Trinajstić information content (AvgIpc) is 3.12. The summed E-state index contributed by atoms with van der Waals surface area (Å²) in [5.41, 5.74) is 4.72. The van der Waals surface area contributed by atoms with Gasteiger partial charge in [-0.25, -0.2) is 4.98 Å². The fourth-order valence-electron chi connectivity index (χ4n) is 3.93. The third-order valence-corrected chi connectivity index (χ3v) is 5.19. The third kappa shape index (κ3) is 3.06. The van der Waals surface area contributed by atoms with E-state index in [4.69, 9.17) is 0 Å². The van der Waals surface area contributed by atoms with Crippen molar-refractivity contribution >= 4 is 16.8 Å². The standard InChI is InChI=1S/C20H24N4O/c1-13-11-15-5-3-4-6-19(15)24(13)10-9-21-20(25)16-7-8-17-18(12-16)23-14(2)22-17/h3-6,11,16H,7-10,12H2,1-2H3,(H,21,25)(H,22,23). The lowest BCUT2D eigenvalue weighted by molar-refractivity contribution is -0.125. The zero-order chi connectivity index (χ0) is 17.4. The Bertz CT molecular complexity index is 921. The van der Waals surface area contributed by atoms with E-state index >= 15 is 0 Å². The minimum absolute atomic E-state index is 0.0508. The van der Waals surface area contributed by atoms with E-state index in [1.807, 2.05) is 6.92 Å². The van der Waals surface area contributed by atoms with Crippen LogP contribution in [0.1, 0.15) is 29.3 Å². The molecule has 1 aromatic carbocycles. The topological polar surface area (TPSA) is 62.7 Å². The van der Waals surface area contributed by atoms with E-state index in [2.05, 4.69) is 57.1 Å². The quantitative estimate of drug-likeness (QED) is 0.769. The molecule has 0 spiro atoms. The molecule has 0 saturated heterocycles. The van der Waals surface area contributed by atoms with Gasteiger partial charge in [0, 0.05) is 42.3 Å². The first-order valence-corrected chi connectivity index (χ1v) is 8.99. The van der Waals surface area contributed by atoms with Gasteiger partial charge in [-0.2, -0.15) is 0 Å². The van der Waals surface area contributed by atoms with Gasteiger partial charge in [-0.05, 0) is 44.2 Å². The molecule has 0 bridgehead atoms. The molecular formula is C20H24N4O. The van der Waals surface area contributed by atoms with Crippen LogP contribution in [0, 0.1) is 19.8 Å². The molecule has 4 rings (SSSR count). The molecule has 1 unspecified atom stereocenters. The number of aromatic amines is 1. The minimum atomic E-state index is 0.0508. The lowest BCUT2D eigenvalue weighted by Crippen LogP contribution is -2.36. The highest BCUT2D eigenvalue weighted by Gasteiger charge is 2.26. The molecule has 25 heavy (non-hydrogen) atoms. The molecule has 2 N–H and O–H groups in total. The number of aryl methyl sites for hydroxylation is 3. The van der Waals surface area contributed by atoms with Crippen LogP contribution in [0.4, 0.5) is 0 Å². The molecule has 1 aliphatic rings. The predicted molar refractivity (Wildman–Crippen MR) is 98.5 cm³/mol. The number of carbonyl (C=O) groups excluding carboxylic acids is 1. The summed E-state index contributed by atoms with van der Waals surface area (Å²) >= 11 is 0. The van der Waals surface area contributed by atoms with Crippen molar-refractivity contribution in [1.82, 2.24) is 19.9 Å². The number of hydrogen-bond acceptors (Lipinski definition) is 2. The van der Waals surface area contributed by atoms with E-state index in [0.29, 0.717) is 6.54 Å². The summed E-state index contributed by atoms with van der Waals surface area (Å²) in [6.07, 6.45) is 2.54. The summed E-state index contributed by atoms with van der Waals surface area (Å²) in [4.78, 5) is 20.3. The highest BCUT2D eigenvalue weighted by molar-refractivity contribution is 5.81. The zero-order valence-electron chi connectivity index (χ0n) is 14.8. The van der Waals surface area contributed by atoms with Crippen LogP contribution in [0.2, 0.25) is 0 Å². The number of fused-ring (bicyclic) bond motifs is 2. The molecule has 3 aromatic rings. The van der Waals surface area contributed by atoms with E-state index in [-0.39, 0.29) is 11.8 Å². The highest BCUT2D eigenvalue weighted by Crippen LogP contribution is 2.24. The van der Waals surface area contributed by atoms with Crippen molar-refractivity contribution in [2.45, 2.75) is 39.7 Å². The second kappa shape index (κ2) is 6.39. The Labute approximate surface area is 147 Å². The Morgan fingerprint density at radius 2 is 2.20 bits per heavy atom. The second-order valence-corrected chi connectivity index (χ2v) is 6.97. The van der Waals surface area contributed by atoms with Gasteiger partial charge in [0.25, 0.3) is 0 Å². The van der Waals surface area contributed by atoms with E-state index < -0.39 is 0 Å². The predicted octanol–water partition coefficient (Wildman–Crippen LogP) is 2.90. The number of aromatic nitrogens is 3. The first-order valence-electron chi connectivity index (χ1n) is 8.99. The van der Waals surface area contributed by atoms with Gasteiger partial charge in [-0.3, -0.25) is 4.79 Å². The number of hydrogen-bond donors (Lipinski definition) is 2. The molecule has 1 aliphatic carbocycles. The molecular weight excluding hydrogens is 312 g/mol. The van der Waals surface area contributed by atoms with Gasteiger partial charge in [-0.1, -0.05) is 18.2 Å². The molecule has 0 fully saturated rings. The van der Waals surface area contributed by atoms with Crippen LogP contribution in [0.15, 0.2) is 30.3 Å². The molecule has 1 amide bonds. The van der Waals surface area contributed by atoms with Crippen molar-refractivity contribution in [2.24, 2.45) is 5.92 Å². The minimum Gasteiger partial charge on any atom is -0.354 e. The molecule has 0 saturated carbocycles. The maximum atomic E-state index is 12.5. The SMILES string of the molecule is Cc1nc2c([nH]1)CC(C(=O)NCCn1c(C)cc3ccccc31)CC2. The van der Waals surface area contributed by atoms with E-state index in [0.717, 1.165) is 43.0 Å². The van der Waals surface area contributed by atoms with Crippen molar-refractivity contribution in [3.63, 3.8) is 0 Å². The Balaban J connectivity index is 1.37. The van der Waals surface area contributed by atoms with Crippen LogP contribution >= 0.6 is 0 Å². The number of amides is 1. The van der Waals surface area contributed by atoms with E-state index in [1.54, 1.807) is 0 Å². The van der Waals surface area contributed by atoms with Gasteiger partial charge < -0.3 is 14.9 Å². The number of rotatable bonds is 4. The number of H-pyrrole nitrogens is 1. The molecule has 130 valence electrons. The first kappa shape index (κ1) is 15.9. The number of imidazole rings is 1. The van der Waals surface area contributed by atoms with Crippen LogP contribution < -0.4 is 5.32 Å². The number of nitrogens with one attached hydrogen (secondary N) is 2. The van der Waals surface area contributed by atoms with E-state index in [1.165, 1.54) is 16.6 Å². The molecule has 1 atom stereocenters. The summed E-state index contributed by atoms with van der Waals surface area (Å²) in [6.45, 7) is 5.54. The molecule has 2 heterocycles. The largest absolute Gasteiger partial charge is 0.354 e. The van der Waals surface area contributed by atoms with Crippen molar-refractivity contribution in [1.29, 1.82) is 0 Å². The van der Waals surface area contributed by atoms with Crippen molar-refractivity contribution in [2.75, 3.05) is 6.54 Å². The Morgan fingerprint density at radius 3 is 3.08 bits per heavy atom. The van der Waals surface area contributed by atoms with Gasteiger partial charge in [0.2, 0.25) is 5.91 Å². The molecule has 5 nitrogen and oxygen atoms in total. The van der Waals surface area contributed by atoms with Crippen LogP contribution in [0.5, 0.6) is 0 Å². The van der Waals surface area contributed by atoms with Crippen molar-refractivity contribution < 1.29 is 4.79 Å². The first-order chi connectivity index (χ1) is 12.1. The van der Waals surface area contributed by atoms with Crippen LogP contribution in [-0.2, 0) is 24.2 Å². The summed E-state index contributed by atoms with van der Waals surface area (Å²) in [7, 11) is 0. The fourth-order valence-corrected chi connectivity index (χ4v) is 3.93. The molecule has 0 aliphatic heterocycles. The monoisotopic (exact) mass is 336 g/mol. The second-order valence-electron chi connectivity index (χ2n) is 6.97. The normalized spacial score (nSPS) is 16.8. The third-order valence-electron chi connectivity index (χ3n) is 5.19. The Morgan fingerprint density at radius 1 is 1.36 bits per heavy atom. The van der Waals surface area contributed by atoms with Gasteiger partial charge in [0.05, 0.1) is 5.69 Å². The van der Waals surface area contributed by atoms with Crippen LogP contribution in [-0.4, -0.2) is 27.0 Å². The van der Waals surface area contributed by atoms with Crippen molar-refractivity contribution in [3.05, 3.63) is 53.2 Å². The molecule has 0 radical (unpaired) electrons. The summed E-state index contributed by atoms with van der Waals surface area (Å²) < 4.78 is 2.27. The Kier molecular flexibility index (Phi) is 4.07. The smallest absolute Gasteiger partial charge is 0.223 e. The van der Waals surface area contributed by atoms with Crippen LogP contribution in [0.25, 0.3) is 10.9 Å². The fraction of sp³-hybridized carbons (Fsp3) is 0.400. The lowest BCUT2D eigenvalue weighted by Gasteiger charge is -2.21. The highest BCUT2D eigenvalue weighted by atomic mass is 16.1. The maximum Gasteiger partial charge on any atom is 0.223 e. The maximum absolute atomic E-state index is 12.5. The van der Waals surface area contributed by atoms with Gasteiger partial charge >= 0.3 is 0 Å². The zero-order valence-corrected chi connectivity index (χ0v) is 14.8. The molecule has 2 aromatic heterocycles. The Hall–Kier alpha value is -2.56. The van der Waals surface area contributed by atoms with Gasteiger partial charge in [0.1, 0.15) is 5.82 Å². The summed E-state index contributed by atoms with van der Waals surface area (Å²) in [5, 5.41) is 4.38. The number of benzene rings is 1. The van der Waals surface area contributed by atoms with Crippen molar-refractivity contribution in [3.8, 4) is 0 Å². The summed E-state index contributed by atoms with van der Waals surface area (Å²) in [6, 6.07) is 10.6. The number of para-hydroxylation sites is 1. The summed E-state index contributed by atoms with van der Waals surface area (Å²) in [5.74, 6) is 1.16. The number of carbonyl (C=O) groups is 1. The van der Waals surface area contributed by atoms with Gasteiger partial charge in [-0.15, -0.1) is 0 Å². The van der Waals surface area contributed by atoms with Gasteiger partial charge in [0.15, 0.2) is 0 Å². The van der Waals surface area contributed by atoms with E-state index in [9.17, 15) is 4.79 Å². The lowest BCUT2D eigenvalue weighted by atomic mass is 9.89. The number of nitrogens with zero attached hydrogens (tertiary/aromatic N) is 2. The van der Waals surface area contributed by atoms with Crippen LogP contribution in [0.3, 0.4) is 0 Å². The molecule has 5 heteroatoms.